The van der Waals surface area contributed by atoms with Crippen LogP contribution in [0.3, 0.4) is 0 Å². The molecule has 14 heavy (non-hydrogen) atoms. The Hall–Kier alpha value is -0.160. The number of hydrogen-bond donors (Lipinski definition) is 3. The van der Waals surface area contributed by atoms with E-state index in [0.29, 0.717) is 12.6 Å². The molecule has 0 radical (unpaired) electrons. The van der Waals surface area contributed by atoms with Gasteiger partial charge in [-0.3, -0.25) is 0 Å². The Morgan fingerprint density at radius 2 is 2.21 bits per heavy atom. The number of aliphatic hydroxyl groups is 1. The summed E-state index contributed by atoms with van der Waals surface area (Å²) >= 11 is 0. The number of nitrogens with one attached hydrogen (secondary N) is 2. The van der Waals surface area contributed by atoms with Crippen LogP contribution in [-0.2, 0) is 4.74 Å². The smallest absolute Gasteiger partial charge is 0.0785 e. The van der Waals surface area contributed by atoms with Gasteiger partial charge in [-0.15, -0.1) is 0 Å². The molecular formula is C10H22N2O2. The summed E-state index contributed by atoms with van der Waals surface area (Å²) in [6, 6.07) is 0.631. The standard InChI is InChI=1S/C10H22N2O2/c1-14-8-10(13)4-7-12-9-2-5-11-6-3-9/h9-13H,2-8H2,1H3. The van der Waals surface area contributed by atoms with Crippen molar-refractivity contribution < 1.29 is 9.84 Å². The first-order valence-corrected chi connectivity index (χ1v) is 5.44. The van der Waals surface area contributed by atoms with Gasteiger partial charge < -0.3 is 20.5 Å². The largest absolute Gasteiger partial charge is 0.391 e. The summed E-state index contributed by atoms with van der Waals surface area (Å²) in [5.74, 6) is 0. The second-order valence-corrected chi connectivity index (χ2v) is 3.88. The second-order valence-electron chi connectivity index (χ2n) is 3.88. The number of rotatable bonds is 6. The topological polar surface area (TPSA) is 53.5 Å². The van der Waals surface area contributed by atoms with Crippen LogP contribution in [0.1, 0.15) is 19.3 Å². The lowest BCUT2D eigenvalue weighted by molar-refractivity contribution is 0.0588. The van der Waals surface area contributed by atoms with Gasteiger partial charge in [-0.25, -0.2) is 0 Å². The molecular weight excluding hydrogens is 180 g/mol. The lowest BCUT2D eigenvalue weighted by Gasteiger charge is -2.24. The molecule has 1 fully saturated rings. The van der Waals surface area contributed by atoms with Gasteiger partial charge in [0, 0.05) is 13.2 Å². The predicted molar refractivity (Wildman–Crippen MR) is 56.4 cm³/mol. The minimum Gasteiger partial charge on any atom is -0.391 e. The number of piperidine rings is 1. The number of aliphatic hydroxyl groups excluding tert-OH is 1. The zero-order chi connectivity index (χ0) is 10.2. The molecule has 0 aromatic heterocycles. The van der Waals surface area contributed by atoms with Crippen LogP contribution in [0, 0.1) is 0 Å². The van der Waals surface area contributed by atoms with Gasteiger partial charge in [0.25, 0.3) is 0 Å². The maximum atomic E-state index is 9.40. The average Bonchev–Trinajstić information content (AvgIpc) is 2.20. The molecule has 0 aromatic rings. The number of hydrogen-bond acceptors (Lipinski definition) is 4. The Bertz CT molecular complexity index is 138. The molecule has 0 aromatic carbocycles. The van der Waals surface area contributed by atoms with Gasteiger partial charge >= 0.3 is 0 Å². The van der Waals surface area contributed by atoms with E-state index >= 15 is 0 Å². The molecule has 1 heterocycles. The van der Waals surface area contributed by atoms with Gasteiger partial charge in [-0.1, -0.05) is 0 Å². The Morgan fingerprint density at radius 1 is 1.50 bits per heavy atom. The summed E-state index contributed by atoms with van der Waals surface area (Å²) in [6.07, 6.45) is 2.84. The van der Waals surface area contributed by atoms with Crippen molar-refractivity contribution in [1.82, 2.24) is 10.6 Å². The Kier molecular flexibility index (Phi) is 6.10. The van der Waals surface area contributed by atoms with Gasteiger partial charge in [0.1, 0.15) is 0 Å². The van der Waals surface area contributed by atoms with E-state index < -0.39 is 0 Å². The third-order valence-corrected chi connectivity index (χ3v) is 2.61. The maximum absolute atomic E-state index is 9.40. The molecule has 1 atom stereocenters. The highest BCUT2D eigenvalue weighted by atomic mass is 16.5. The summed E-state index contributed by atoms with van der Waals surface area (Å²) in [5, 5.41) is 16.2. The molecule has 0 amide bonds. The summed E-state index contributed by atoms with van der Waals surface area (Å²) in [5.41, 5.74) is 0. The normalized spacial score (nSPS) is 21.0. The van der Waals surface area contributed by atoms with Gasteiger partial charge in [-0.2, -0.15) is 0 Å². The number of methoxy groups -OCH3 is 1. The Labute approximate surface area is 86.0 Å². The molecule has 84 valence electrons. The minimum atomic E-state index is -0.325. The predicted octanol–water partition coefficient (Wildman–Crippen LogP) is -0.275. The molecule has 0 saturated carbocycles. The molecule has 3 N–H and O–H groups in total. The zero-order valence-electron chi connectivity index (χ0n) is 8.96. The third kappa shape index (κ3) is 4.91. The third-order valence-electron chi connectivity index (χ3n) is 2.61. The Balaban J connectivity index is 1.96. The van der Waals surface area contributed by atoms with Gasteiger partial charge in [0.2, 0.25) is 0 Å². The molecule has 0 bridgehead atoms. The monoisotopic (exact) mass is 202 g/mol. The zero-order valence-corrected chi connectivity index (χ0v) is 8.96. The van der Waals surface area contributed by atoms with Crippen molar-refractivity contribution in [2.24, 2.45) is 0 Å². The first-order chi connectivity index (χ1) is 6.83. The minimum absolute atomic E-state index is 0.325. The highest BCUT2D eigenvalue weighted by molar-refractivity contribution is 4.74. The van der Waals surface area contributed by atoms with Crippen LogP contribution < -0.4 is 10.6 Å². The van der Waals surface area contributed by atoms with E-state index in [1.165, 1.54) is 12.8 Å². The Morgan fingerprint density at radius 3 is 2.86 bits per heavy atom. The highest BCUT2D eigenvalue weighted by Gasteiger charge is 2.12. The molecule has 0 aliphatic carbocycles. The highest BCUT2D eigenvalue weighted by Crippen LogP contribution is 2.02. The van der Waals surface area contributed by atoms with Crippen molar-refractivity contribution in [3.63, 3.8) is 0 Å². The van der Waals surface area contributed by atoms with E-state index in [4.69, 9.17) is 4.74 Å². The van der Waals surface area contributed by atoms with Crippen molar-refractivity contribution in [2.45, 2.75) is 31.4 Å². The van der Waals surface area contributed by atoms with E-state index in [1.54, 1.807) is 7.11 Å². The van der Waals surface area contributed by atoms with Crippen molar-refractivity contribution >= 4 is 0 Å². The molecule has 1 rings (SSSR count). The molecule has 1 saturated heterocycles. The van der Waals surface area contributed by atoms with Crippen LogP contribution in [-0.4, -0.2) is 50.6 Å². The quantitative estimate of drug-likeness (QED) is 0.555. The van der Waals surface area contributed by atoms with E-state index in [9.17, 15) is 5.11 Å². The van der Waals surface area contributed by atoms with Crippen molar-refractivity contribution in [3.05, 3.63) is 0 Å². The lowest BCUT2D eigenvalue weighted by Crippen LogP contribution is -2.41. The summed E-state index contributed by atoms with van der Waals surface area (Å²) < 4.78 is 4.86. The van der Waals surface area contributed by atoms with E-state index in [1.807, 2.05) is 0 Å². The van der Waals surface area contributed by atoms with Gasteiger partial charge in [0.15, 0.2) is 0 Å². The summed E-state index contributed by atoms with van der Waals surface area (Å²) in [7, 11) is 1.61. The van der Waals surface area contributed by atoms with Crippen LogP contribution in [0.2, 0.25) is 0 Å². The van der Waals surface area contributed by atoms with Crippen LogP contribution in [0.15, 0.2) is 0 Å². The lowest BCUT2D eigenvalue weighted by atomic mass is 10.1. The van der Waals surface area contributed by atoms with Gasteiger partial charge in [-0.05, 0) is 38.9 Å². The fourth-order valence-electron chi connectivity index (χ4n) is 1.76. The van der Waals surface area contributed by atoms with Crippen molar-refractivity contribution in [2.75, 3.05) is 33.4 Å². The molecule has 1 unspecified atom stereocenters. The van der Waals surface area contributed by atoms with Crippen LogP contribution in [0.25, 0.3) is 0 Å². The fraction of sp³-hybridized carbons (Fsp3) is 1.00. The molecule has 0 spiro atoms. The molecule has 1 aliphatic rings. The SMILES string of the molecule is COCC(O)CCNC1CCNCC1. The van der Waals surface area contributed by atoms with E-state index in [2.05, 4.69) is 10.6 Å². The summed E-state index contributed by atoms with van der Waals surface area (Å²) in [6.45, 7) is 3.54. The fourth-order valence-corrected chi connectivity index (χ4v) is 1.76. The maximum Gasteiger partial charge on any atom is 0.0785 e. The van der Waals surface area contributed by atoms with Gasteiger partial charge in [0.05, 0.1) is 12.7 Å². The first-order valence-electron chi connectivity index (χ1n) is 5.44. The molecule has 1 aliphatic heterocycles. The van der Waals surface area contributed by atoms with Crippen LogP contribution in [0.4, 0.5) is 0 Å². The first kappa shape index (κ1) is 11.9. The van der Waals surface area contributed by atoms with Crippen LogP contribution >= 0.6 is 0 Å². The van der Waals surface area contributed by atoms with E-state index in [0.717, 1.165) is 26.1 Å². The van der Waals surface area contributed by atoms with E-state index in [-0.39, 0.29) is 6.10 Å². The second kappa shape index (κ2) is 7.17. The molecule has 4 nitrogen and oxygen atoms in total. The van der Waals surface area contributed by atoms with Crippen LogP contribution in [0.5, 0.6) is 0 Å². The average molecular weight is 202 g/mol. The summed E-state index contributed by atoms with van der Waals surface area (Å²) in [4.78, 5) is 0. The van der Waals surface area contributed by atoms with Crippen molar-refractivity contribution in [3.8, 4) is 0 Å². The number of ether oxygens (including phenoxy) is 1. The van der Waals surface area contributed by atoms with Crippen molar-refractivity contribution in [1.29, 1.82) is 0 Å². The molecule has 4 heteroatoms.